The number of hydrogen-bond acceptors (Lipinski definition) is 6. The van der Waals surface area contributed by atoms with Gasteiger partial charge in [0.25, 0.3) is 0 Å². The van der Waals surface area contributed by atoms with Gasteiger partial charge in [0.15, 0.2) is 5.82 Å². The van der Waals surface area contributed by atoms with Crippen LogP contribution >= 0.6 is 0 Å². The van der Waals surface area contributed by atoms with E-state index < -0.39 is 18.5 Å². The Hall–Kier alpha value is -2.12. The molecule has 0 radical (unpaired) electrons. The highest BCUT2D eigenvalue weighted by Gasteiger charge is 2.20. The topological polar surface area (TPSA) is 120 Å². The maximum Gasteiger partial charge on any atom is 0.363 e. The van der Waals surface area contributed by atoms with Crippen LogP contribution in [0.25, 0.3) is 0 Å². The van der Waals surface area contributed by atoms with Crippen molar-refractivity contribution in [2.24, 2.45) is 0 Å². The molecule has 8 nitrogen and oxygen atoms in total. The van der Waals surface area contributed by atoms with Crippen molar-refractivity contribution in [1.82, 2.24) is 15.0 Å². The smallest absolute Gasteiger partial charge is 0.363 e. The lowest BCUT2D eigenvalue weighted by atomic mass is 10.4. The first-order valence-electron chi connectivity index (χ1n) is 4.53. The third-order valence-corrected chi connectivity index (χ3v) is 1.59. The van der Waals surface area contributed by atoms with Crippen molar-refractivity contribution < 1.29 is 19.4 Å². The first-order chi connectivity index (χ1) is 7.41. The standard InChI is InChI=1S/C8H12N4O4/c1-4(2)16-8(15)6-7(9)12(11-10-6)3-5(13)14/h4H,3,9H2,1-2H3,(H,13,14). The molecule has 0 amide bonds. The van der Waals surface area contributed by atoms with E-state index in [1.165, 1.54) is 0 Å². The third-order valence-electron chi connectivity index (χ3n) is 1.59. The number of carboxylic acid groups (broad SMARTS) is 1. The van der Waals surface area contributed by atoms with Gasteiger partial charge in [0.05, 0.1) is 6.10 Å². The van der Waals surface area contributed by atoms with Gasteiger partial charge in [0.1, 0.15) is 6.54 Å². The van der Waals surface area contributed by atoms with Gasteiger partial charge in [0.2, 0.25) is 5.69 Å². The summed E-state index contributed by atoms with van der Waals surface area (Å²) < 4.78 is 5.77. The highest BCUT2D eigenvalue weighted by atomic mass is 16.5. The van der Waals surface area contributed by atoms with Gasteiger partial charge in [-0.1, -0.05) is 5.21 Å². The number of nitrogens with two attached hydrogens (primary N) is 1. The number of aromatic nitrogens is 3. The molecule has 0 aliphatic heterocycles. The van der Waals surface area contributed by atoms with E-state index in [0.29, 0.717) is 0 Å². The SMILES string of the molecule is CC(C)OC(=O)c1nnn(CC(=O)O)c1N. The number of nitrogens with zero attached hydrogens (tertiary/aromatic N) is 3. The number of esters is 1. The van der Waals surface area contributed by atoms with Crippen molar-refractivity contribution in [3.63, 3.8) is 0 Å². The van der Waals surface area contributed by atoms with Crippen molar-refractivity contribution in [3.05, 3.63) is 5.69 Å². The van der Waals surface area contributed by atoms with Crippen LogP contribution in [0.15, 0.2) is 0 Å². The normalized spacial score (nSPS) is 10.4. The van der Waals surface area contributed by atoms with Crippen LogP contribution in [0.5, 0.6) is 0 Å². The van der Waals surface area contributed by atoms with Gasteiger partial charge in [-0.25, -0.2) is 9.48 Å². The average Bonchev–Trinajstić information content (AvgIpc) is 2.46. The van der Waals surface area contributed by atoms with Gasteiger partial charge >= 0.3 is 11.9 Å². The molecule has 8 heteroatoms. The molecule has 88 valence electrons. The molecule has 0 aliphatic carbocycles. The average molecular weight is 228 g/mol. The van der Waals surface area contributed by atoms with Crippen molar-refractivity contribution in [1.29, 1.82) is 0 Å². The van der Waals surface area contributed by atoms with Crippen LogP contribution in [0, 0.1) is 0 Å². The minimum absolute atomic E-state index is 0.118. The van der Waals surface area contributed by atoms with Crippen LogP contribution in [0.3, 0.4) is 0 Å². The van der Waals surface area contributed by atoms with Crippen LogP contribution in [0.4, 0.5) is 5.82 Å². The zero-order valence-electron chi connectivity index (χ0n) is 8.88. The number of rotatable bonds is 4. The summed E-state index contributed by atoms with van der Waals surface area (Å²) in [5, 5.41) is 15.4. The fourth-order valence-corrected chi connectivity index (χ4v) is 0.981. The fourth-order valence-electron chi connectivity index (χ4n) is 0.981. The van der Waals surface area contributed by atoms with Gasteiger partial charge in [0, 0.05) is 0 Å². The number of carboxylic acids is 1. The molecule has 0 spiro atoms. The minimum Gasteiger partial charge on any atom is -0.480 e. The molecule has 0 fully saturated rings. The molecule has 16 heavy (non-hydrogen) atoms. The first-order valence-corrected chi connectivity index (χ1v) is 4.53. The van der Waals surface area contributed by atoms with E-state index >= 15 is 0 Å². The molecular formula is C8H12N4O4. The Bertz CT molecular complexity index is 412. The van der Waals surface area contributed by atoms with Crippen LogP contribution in [0.1, 0.15) is 24.3 Å². The molecule has 0 saturated heterocycles. The zero-order valence-corrected chi connectivity index (χ0v) is 8.88. The van der Waals surface area contributed by atoms with Crippen molar-refractivity contribution >= 4 is 17.8 Å². The van der Waals surface area contributed by atoms with Crippen LogP contribution in [-0.2, 0) is 16.1 Å². The number of nitrogen functional groups attached to an aromatic ring is 1. The maximum absolute atomic E-state index is 11.4. The van der Waals surface area contributed by atoms with E-state index in [-0.39, 0.29) is 17.6 Å². The predicted octanol–water partition coefficient (Wildman–Crippen LogP) is -0.490. The fraction of sp³-hybridized carbons (Fsp3) is 0.500. The molecule has 1 rings (SSSR count). The number of ether oxygens (including phenoxy) is 1. The molecule has 0 aromatic carbocycles. The van der Waals surface area contributed by atoms with Gasteiger partial charge in [-0.15, -0.1) is 5.10 Å². The van der Waals surface area contributed by atoms with E-state index in [9.17, 15) is 9.59 Å². The lowest BCUT2D eigenvalue weighted by molar-refractivity contribution is -0.137. The van der Waals surface area contributed by atoms with Gasteiger partial charge in [-0.3, -0.25) is 4.79 Å². The predicted molar refractivity (Wildman–Crippen MR) is 52.6 cm³/mol. The molecule has 0 saturated carbocycles. The summed E-state index contributed by atoms with van der Waals surface area (Å²) in [6.07, 6.45) is -0.309. The number of aliphatic carboxylic acids is 1. The van der Waals surface area contributed by atoms with Crippen LogP contribution in [0.2, 0.25) is 0 Å². The molecular weight excluding hydrogens is 216 g/mol. The van der Waals surface area contributed by atoms with E-state index in [4.69, 9.17) is 15.6 Å². The summed E-state index contributed by atoms with van der Waals surface area (Å²) in [5.41, 5.74) is 5.33. The number of hydrogen-bond donors (Lipinski definition) is 2. The third kappa shape index (κ3) is 2.69. The highest BCUT2D eigenvalue weighted by molar-refractivity contribution is 5.92. The lowest BCUT2D eigenvalue weighted by Crippen LogP contribution is -2.16. The molecule has 0 aliphatic rings. The maximum atomic E-state index is 11.4. The van der Waals surface area contributed by atoms with E-state index in [2.05, 4.69) is 10.3 Å². The molecule has 1 aromatic rings. The molecule has 1 aromatic heterocycles. The van der Waals surface area contributed by atoms with Gasteiger partial charge in [-0.2, -0.15) is 0 Å². The Morgan fingerprint density at radius 2 is 2.19 bits per heavy atom. The summed E-state index contributed by atoms with van der Waals surface area (Å²) in [7, 11) is 0. The van der Waals surface area contributed by atoms with Crippen LogP contribution in [-0.4, -0.2) is 38.1 Å². The van der Waals surface area contributed by atoms with Crippen LogP contribution < -0.4 is 5.73 Å². The monoisotopic (exact) mass is 228 g/mol. The number of carbonyl (C=O) groups is 2. The summed E-state index contributed by atoms with van der Waals surface area (Å²) in [5.74, 6) is -1.96. The minimum atomic E-state index is -1.12. The molecule has 0 unspecified atom stereocenters. The number of carbonyl (C=O) groups excluding carboxylic acids is 1. The Kier molecular flexibility index (Phi) is 3.44. The first kappa shape index (κ1) is 12.0. The molecule has 1 heterocycles. The second-order valence-electron chi connectivity index (χ2n) is 3.33. The largest absolute Gasteiger partial charge is 0.480 e. The second-order valence-corrected chi connectivity index (χ2v) is 3.33. The Morgan fingerprint density at radius 1 is 1.56 bits per heavy atom. The Balaban J connectivity index is 2.87. The molecule has 0 bridgehead atoms. The lowest BCUT2D eigenvalue weighted by Gasteiger charge is -2.05. The van der Waals surface area contributed by atoms with Gasteiger partial charge < -0.3 is 15.6 Å². The van der Waals surface area contributed by atoms with Crippen molar-refractivity contribution in [3.8, 4) is 0 Å². The Labute approximate surface area is 91.0 Å². The Morgan fingerprint density at radius 3 is 2.69 bits per heavy atom. The van der Waals surface area contributed by atoms with Gasteiger partial charge in [-0.05, 0) is 13.8 Å². The van der Waals surface area contributed by atoms with E-state index in [1.807, 2.05) is 0 Å². The summed E-state index contributed by atoms with van der Waals surface area (Å²) >= 11 is 0. The van der Waals surface area contributed by atoms with Crippen molar-refractivity contribution in [2.45, 2.75) is 26.5 Å². The zero-order chi connectivity index (χ0) is 12.3. The van der Waals surface area contributed by atoms with Crippen molar-refractivity contribution in [2.75, 3.05) is 5.73 Å². The summed E-state index contributed by atoms with van der Waals surface area (Å²) in [6.45, 7) is 2.90. The summed E-state index contributed by atoms with van der Waals surface area (Å²) in [6, 6.07) is 0. The molecule has 0 atom stereocenters. The van der Waals surface area contributed by atoms with E-state index in [1.54, 1.807) is 13.8 Å². The summed E-state index contributed by atoms with van der Waals surface area (Å²) in [4.78, 5) is 21.8. The number of anilines is 1. The second kappa shape index (κ2) is 4.60. The molecule has 3 N–H and O–H groups in total. The van der Waals surface area contributed by atoms with E-state index in [0.717, 1.165) is 4.68 Å². The highest BCUT2D eigenvalue weighted by Crippen LogP contribution is 2.10. The quantitative estimate of drug-likeness (QED) is 0.667.